The summed E-state index contributed by atoms with van der Waals surface area (Å²) in [5.74, 6) is 0.596. The zero-order chi connectivity index (χ0) is 20.9. The van der Waals surface area contributed by atoms with Crippen molar-refractivity contribution in [3.05, 3.63) is 83.4 Å². The van der Waals surface area contributed by atoms with Gasteiger partial charge in [0.2, 0.25) is 0 Å². The van der Waals surface area contributed by atoms with E-state index in [0.717, 1.165) is 55.8 Å². The lowest BCUT2D eigenvalue weighted by molar-refractivity contribution is 0.0935. The van der Waals surface area contributed by atoms with E-state index in [2.05, 4.69) is 46.4 Å². The molecule has 1 aliphatic rings. The van der Waals surface area contributed by atoms with Crippen LogP contribution in [0.1, 0.15) is 39.9 Å². The summed E-state index contributed by atoms with van der Waals surface area (Å²) in [6.07, 6.45) is 7.82. The van der Waals surface area contributed by atoms with Crippen molar-refractivity contribution in [2.24, 2.45) is 5.92 Å². The number of carbonyl (C=O) groups excluding carboxylic acids is 1. The van der Waals surface area contributed by atoms with Crippen LogP contribution < -0.4 is 5.32 Å². The standard InChI is InChI=1S/C25H30N4O/c1-19-3-6-23(15-20(19)2)25(30)27-16-21-9-12-28(13-10-21)17-22-4-7-24(8-5-22)29-14-11-26-18-29/h3-8,11,14-15,18,21H,9-10,12-13,16-17H2,1-2H3,(H,27,30). The third-order valence-electron chi connectivity index (χ3n) is 6.17. The van der Waals surface area contributed by atoms with Gasteiger partial charge in [-0.25, -0.2) is 4.98 Å². The molecule has 5 heteroatoms. The minimum absolute atomic E-state index is 0.0403. The van der Waals surface area contributed by atoms with Gasteiger partial charge in [-0.15, -0.1) is 0 Å². The number of imidazole rings is 1. The van der Waals surface area contributed by atoms with Gasteiger partial charge in [-0.2, -0.15) is 0 Å². The minimum atomic E-state index is 0.0403. The van der Waals surface area contributed by atoms with Gasteiger partial charge in [-0.05, 0) is 86.7 Å². The number of aryl methyl sites for hydroxylation is 2. The van der Waals surface area contributed by atoms with Crippen molar-refractivity contribution in [2.45, 2.75) is 33.2 Å². The van der Waals surface area contributed by atoms with Crippen molar-refractivity contribution in [3.63, 3.8) is 0 Å². The Hall–Kier alpha value is -2.92. The van der Waals surface area contributed by atoms with Crippen LogP contribution in [0, 0.1) is 19.8 Å². The first-order chi connectivity index (χ1) is 14.6. The first-order valence-corrected chi connectivity index (χ1v) is 10.7. The van der Waals surface area contributed by atoms with Crippen molar-refractivity contribution < 1.29 is 4.79 Å². The number of nitrogens with zero attached hydrogens (tertiary/aromatic N) is 3. The van der Waals surface area contributed by atoms with E-state index < -0.39 is 0 Å². The molecular formula is C25H30N4O. The third-order valence-corrected chi connectivity index (χ3v) is 6.17. The van der Waals surface area contributed by atoms with Gasteiger partial charge >= 0.3 is 0 Å². The van der Waals surface area contributed by atoms with E-state index in [9.17, 15) is 4.79 Å². The lowest BCUT2D eigenvalue weighted by Crippen LogP contribution is -2.38. The number of rotatable bonds is 6. The molecule has 1 aromatic heterocycles. The number of amides is 1. The first kappa shape index (κ1) is 20.4. The van der Waals surface area contributed by atoms with Crippen LogP contribution in [0.15, 0.2) is 61.2 Å². The second kappa shape index (κ2) is 9.26. The van der Waals surface area contributed by atoms with Crippen molar-refractivity contribution in [3.8, 4) is 5.69 Å². The molecule has 0 aliphatic carbocycles. The van der Waals surface area contributed by atoms with Crippen molar-refractivity contribution in [1.82, 2.24) is 19.8 Å². The van der Waals surface area contributed by atoms with E-state index in [0.29, 0.717) is 5.92 Å². The van der Waals surface area contributed by atoms with Crippen LogP contribution in [0.25, 0.3) is 5.69 Å². The second-order valence-corrected chi connectivity index (χ2v) is 8.36. The lowest BCUT2D eigenvalue weighted by Gasteiger charge is -2.32. The van der Waals surface area contributed by atoms with Crippen molar-refractivity contribution in [1.29, 1.82) is 0 Å². The van der Waals surface area contributed by atoms with Gasteiger partial charge in [0.15, 0.2) is 0 Å². The zero-order valence-electron chi connectivity index (χ0n) is 17.8. The number of nitrogens with one attached hydrogen (secondary N) is 1. The molecule has 3 aromatic rings. The molecule has 1 N–H and O–H groups in total. The van der Waals surface area contributed by atoms with Crippen LogP contribution in [0.5, 0.6) is 0 Å². The van der Waals surface area contributed by atoms with E-state index in [1.165, 1.54) is 11.1 Å². The summed E-state index contributed by atoms with van der Waals surface area (Å²) in [5.41, 5.74) is 5.61. The molecule has 0 spiro atoms. The average Bonchev–Trinajstić information content (AvgIpc) is 3.30. The number of aromatic nitrogens is 2. The maximum absolute atomic E-state index is 12.4. The van der Waals surface area contributed by atoms with Gasteiger partial charge in [-0.1, -0.05) is 18.2 Å². The molecule has 156 valence electrons. The van der Waals surface area contributed by atoms with Crippen molar-refractivity contribution >= 4 is 5.91 Å². The highest BCUT2D eigenvalue weighted by Crippen LogP contribution is 2.19. The smallest absolute Gasteiger partial charge is 0.251 e. The van der Waals surface area contributed by atoms with Crippen LogP contribution in [-0.2, 0) is 6.54 Å². The highest BCUT2D eigenvalue weighted by molar-refractivity contribution is 5.94. The fourth-order valence-electron chi connectivity index (χ4n) is 4.01. The maximum atomic E-state index is 12.4. The van der Waals surface area contributed by atoms with Crippen molar-refractivity contribution in [2.75, 3.05) is 19.6 Å². The molecule has 5 nitrogen and oxygen atoms in total. The maximum Gasteiger partial charge on any atom is 0.251 e. The van der Waals surface area contributed by atoms with E-state index in [4.69, 9.17) is 0 Å². The van der Waals surface area contributed by atoms with E-state index in [-0.39, 0.29) is 5.91 Å². The molecule has 0 bridgehead atoms. The molecule has 0 atom stereocenters. The number of likely N-dealkylation sites (tertiary alicyclic amines) is 1. The molecule has 1 amide bonds. The van der Waals surface area contributed by atoms with Gasteiger partial charge in [0.05, 0.1) is 6.33 Å². The van der Waals surface area contributed by atoms with Crippen LogP contribution >= 0.6 is 0 Å². The Labute approximate surface area is 178 Å². The molecule has 2 heterocycles. The Kier molecular flexibility index (Phi) is 6.29. The predicted octanol–water partition coefficient (Wildman–Crippen LogP) is 4.13. The highest BCUT2D eigenvalue weighted by atomic mass is 16.1. The molecule has 2 aromatic carbocycles. The Morgan fingerprint density at radius 1 is 1.07 bits per heavy atom. The Morgan fingerprint density at radius 2 is 1.83 bits per heavy atom. The van der Waals surface area contributed by atoms with E-state index >= 15 is 0 Å². The number of hydrogen-bond donors (Lipinski definition) is 1. The number of piperidine rings is 1. The summed E-state index contributed by atoms with van der Waals surface area (Å²) >= 11 is 0. The fraction of sp³-hybridized carbons (Fsp3) is 0.360. The first-order valence-electron chi connectivity index (χ1n) is 10.7. The third kappa shape index (κ3) is 4.97. The van der Waals surface area contributed by atoms with Gasteiger partial charge in [0.1, 0.15) is 0 Å². The molecule has 1 aliphatic heterocycles. The van der Waals surface area contributed by atoms with Crippen LogP contribution in [0.4, 0.5) is 0 Å². The highest BCUT2D eigenvalue weighted by Gasteiger charge is 2.20. The van der Waals surface area contributed by atoms with Gasteiger partial charge in [0.25, 0.3) is 5.91 Å². The van der Waals surface area contributed by atoms with Gasteiger partial charge < -0.3 is 9.88 Å². The summed E-state index contributed by atoms with van der Waals surface area (Å²) in [6, 6.07) is 14.6. The average molecular weight is 403 g/mol. The predicted molar refractivity (Wildman–Crippen MR) is 120 cm³/mol. The summed E-state index contributed by atoms with van der Waals surface area (Å²) in [4.78, 5) is 19.1. The molecule has 0 saturated carbocycles. The second-order valence-electron chi connectivity index (χ2n) is 8.36. The normalized spacial score (nSPS) is 15.3. The van der Waals surface area contributed by atoms with Gasteiger partial charge in [0, 0.05) is 36.7 Å². The molecule has 1 saturated heterocycles. The summed E-state index contributed by atoms with van der Waals surface area (Å²) in [5, 5.41) is 3.13. The molecule has 30 heavy (non-hydrogen) atoms. The lowest BCUT2D eigenvalue weighted by atomic mass is 9.96. The molecule has 0 radical (unpaired) electrons. The Balaban J connectivity index is 1.22. The number of carbonyl (C=O) groups is 1. The summed E-state index contributed by atoms with van der Waals surface area (Å²) in [7, 11) is 0. The topological polar surface area (TPSA) is 50.2 Å². The Bertz CT molecular complexity index is 971. The van der Waals surface area contributed by atoms with Crippen LogP contribution in [-0.4, -0.2) is 40.0 Å². The summed E-state index contributed by atoms with van der Waals surface area (Å²) < 4.78 is 2.02. The zero-order valence-corrected chi connectivity index (χ0v) is 17.8. The number of hydrogen-bond acceptors (Lipinski definition) is 3. The SMILES string of the molecule is Cc1ccc(C(=O)NCC2CCN(Cc3ccc(-n4ccnc4)cc3)CC2)cc1C. The van der Waals surface area contributed by atoms with Crippen LogP contribution in [0.2, 0.25) is 0 Å². The van der Waals surface area contributed by atoms with E-state index in [1.54, 1.807) is 6.20 Å². The molecule has 4 rings (SSSR count). The number of benzene rings is 2. The quantitative estimate of drug-likeness (QED) is 0.674. The fourth-order valence-corrected chi connectivity index (χ4v) is 4.01. The molecule has 0 unspecified atom stereocenters. The van der Waals surface area contributed by atoms with Crippen LogP contribution in [0.3, 0.4) is 0 Å². The minimum Gasteiger partial charge on any atom is -0.352 e. The Morgan fingerprint density at radius 3 is 2.50 bits per heavy atom. The molecule has 1 fully saturated rings. The van der Waals surface area contributed by atoms with Gasteiger partial charge in [-0.3, -0.25) is 9.69 Å². The van der Waals surface area contributed by atoms with E-state index in [1.807, 2.05) is 42.2 Å². The largest absolute Gasteiger partial charge is 0.352 e. The molecular weight excluding hydrogens is 372 g/mol. The summed E-state index contributed by atoms with van der Waals surface area (Å²) in [6.45, 7) is 8.01. The monoisotopic (exact) mass is 402 g/mol.